The predicted molar refractivity (Wildman–Crippen MR) is 28.8 cm³/mol. The molecule has 0 aromatic carbocycles. The zero-order valence-corrected chi connectivity index (χ0v) is 4.48. The second kappa shape index (κ2) is 1.48. The maximum atomic E-state index is 9.09. The van der Waals surface area contributed by atoms with Crippen molar-refractivity contribution in [3.05, 3.63) is 6.92 Å². The van der Waals surface area contributed by atoms with Crippen LogP contribution in [0.5, 0.6) is 0 Å². The molecular formula is C6H11O. The molecule has 0 aliphatic heterocycles. The van der Waals surface area contributed by atoms with Crippen LogP contribution in [0.25, 0.3) is 0 Å². The number of hydrogen-bond acceptors (Lipinski definition) is 1. The molecule has 0 aromatic heterocycles. The van der Waals surface area contributed by atoms with Crippen molar-refractivity contribution >= 4 is 0 Å². The van der Waals surface area contributed by atoms with E-state index in [1.807, 2.05) is 0 Å². The van der Waals surface area contributed by atoms with Crippen LogP contribution in [-0.4, -0.2) is 10.7 Å². The first kappa shape index (κ1) is 5.10. The summed E-state index contributed by atoms with van der Waals surface area (Å²) >= 11 is 0. The normalized spacial score (nSPS) is 24.9. The zero-order chi connectivity index (χ0) is 5.33. The minimum Gasteiger partial charge on any atom is -0.390 e. The van der Waals surface area contributed by atoms with E-state index >= 15 is 0 Å². The Kier molecular flexibility index (Phi) is 1.08. The van der Waals surface area contributed by atoms with Crippen molar-refractivity contribution in [1.29, 1.82) is 0 Å². The fourth-order valence-electron chi connectivity index (χ4n) is 0.723. The molecular weight excluding hydrogens is 88.1 g/mol. The van der Waals surface area contributed by atoms with Crippen molar-refractivity contribution in [3.8, 4) is 0 Å². The van der Waals surface area contributed by atoms with Gasteiger partial charge in [-0.05, 0) is 19.3 Å². The Morgan fingerprint density at radius 3 is 2.29 bits per heavy atom. The molecule has 0 amide bonds. The van der Waals surface area contributed by atoms with Gasteiger partial charge in [-0.3, -0.25) is 0 Å². The van der Waals surface area contributed by atoms with Gasteiger partial charge < -0.3 is 5.11 Å². The standard InChI is InChI=1S/C6H11O/c1-2-3-6(7)4-5-6/h7H,1-5H2. The third kappa shape index (κ3) is 1.16. The maximum absolute atomic E-state index is 9.09. The minimum absolute atomic E-state index is 0.262. The molecule has 41 valence electrons. The van der Waals surface area contributed by atoms with Crippen molar-refractivity contribution < 1.29 is 5.11 Å². The summed E-state index contributed by atoms with van der Waals surface area (Å²) < 4.78 is 0. The minimum atomic E-state index is -0.262. The van der Waals surface area contributed by atoms with Gasteiger partial charge in [0, 0.05) is 0 Å². The van der Waals surface area contributed by atoms with E-state index in [0.717, 1.165) is 25.7 Å². The summed E-state index contributed by atoms with van der Waals surface area (Å²) in [5, 5.41) is 9.09. The van der Waals surface area contributed by atoms with E-state index in [1.54, 1.807) is 0 Å². The van der Waals surface area contributed by atoms with E-state index < -0.39 is 0 Å². The van der Waals surface area contributed by atoms with Crippen molar-refractivity contribution in [2.24, 2.45) is 0 Å². The topological polar surface area (TPSA) is 20.2 Å². The molecule has 0 heterocycles. The fourth-order valence-corrected chi connectivity index (χ4v) is 0.723. The maximum Gasteiger partial charge on any atom is 0.0650 e. The molecule has 1 aliphatic carbocycles. The molecule has 1 nitrogen and oxygen atoms in total. The van der Waals surface area contributed by atoms with Gasteiger partial charge in [-0.2, -0.15) is 0 Å². The van der Waals surface area contributed by atoms with Gasteiger partial charge >= 0.3 is 0 Å². The first-order valence-corrected chi connectivity index (χ1v) is 2.78. The highest BCUT2D eigenvalue weighted by Gasteiger charge is 2.38. The molecule has 1 heteroatoms. The van der Waals surface area contributed by atoms with Crippen LogP contribution < -0.4 is 0 Å². The van der Waals surface area contributed by atoms with Crippen LogP contribution in [-0.2, 0) is 0 Å². The number of hydrogen-bond donors (Lipinski definition) is 1. The molecule has 0 spiro atoms. The van der Waals surface area contributed by atoms with E-state index in [9.17, 15) is 0 Å². The largest absolute Gasteiger partial charge is 0.390 e. The summed E-state index contributed by atoms with van der Waals surface area (Å²) in [6, 6.07) is 0. The van der Waals surface area contributed by atoms with Gasteiger partial charge in [0.25, 0.3) is 0 Å². The Labute approximate surface area is 44.4 Å². The lowest BCUT2D eigenvalue weighted by atomic mass is 10.2. The molecule has 0 bridgehead atoms. The molecule has 1 N–H and O–H groups in total. The molecule has 1 radical (unpaired) electrons. The highest BCUT2D eigenvalue weighted by molar-refractivity contribution is 4.92. The van der Waals surface area contributed by atoms with Crippen LogP contribution in [0.4, 0.5) is 0 Å². The molecule has 1 rings (SSSR count). The first-order chi connectivity index (χ1) is 3.27. The molecule has 0 unspecified atom stereocenters. The lowest BCUT2D eigenvalue weighted by Gasteiger charge is -2.00. The van der Waals surface area contributed by atoms with Crippen LogP contribution in [0.3, 0.4) is 0 Å². The van der Waals surface area contributed by atoms with Crippen LogP contribution in [0.15, 0.2) is 0 Å². The monoisotopic (exact) mass is 99.1 g/mol. The summed E-state index contributed by atoms with van der Waals surface area (Å²) in [5.74, 6) is 0. The first-order valence-electron chi connectivity index (χ1n) is 2.78. The summed E-state index contributed by atoms with van der Waals surface area (Å²) in [6.45, 7) is 3.65. The Bertz CT molecular complexity index is 64.6. The lowest BCUT2D eigenvalue weighted by molar-refractivity contribution is 0.141. The second-order valence-electron chi connectivity index (χ2n) is 2.33. The van der Waals surface area contributed by atoms with Crippen molar-refractivity contribution in [1.82, 2.24) is 0 Å². The second-order valence-corrected chi connectivity index (χ2v) is 2.33. The third-order valence-electron chi connectivity index (χ3n) is 1.47. The molecule has 1 saturated carbocycles. The zero-order valence-electron chi connectivity index (χ0n) is 4.48. The lowest BCUT2D eigenvalue weighted by Crippen LogP contribution is -2.03. The van der Waals surface area contributed by atoms with Crippen molar-refractivity contribution in [2.45, 2.75) is 31.3 Å². The summed E-state index contributed by atoms with van der Waals surface area (Å²) in [4.78, 5) is 0. The van der Waals surface area contributed by atoms with Gasteiger partial charge in [-0.25, -0.2) is 0 Å². The van der Waals surface area contributed by atoms with E-state index in [1.165, 1.54) is 0 Å². The highest BCUT2D eigenvalue weighted by atomic mass is 16.3. The Morgan fingerprint density at radius 2 is 2.14 bits per heavy atom. The third-order valence-corrected chi connectivity index (χ3v) is 1.47. The summed E-state index contributed by atoms with van der Waals surface area (Å²) in [6.07, 6.45) is 3.77. The number of aliphatic hydroxyl groups is 1. The predicted octanol–water partition coefficient (Wildman–Crippen LogP) is 1.13. The Morgan fingerprint density at radius 1 is 1.57 bits per heavy atom. The Hall–Kier alpha value is -0.0400. The van der Waals surface area contributed by atoms with Crippen LogP contribution in [0.1, 0.15) is 25.7 Å². The highest BCUT2D eigenvalue weighted by Crippen LogP contribution is 2.38. The van der Waals surface area contributed by atoms with Gasteiger partial charge in [0.05, 0.1) is 5.60 Å². The average Bonchev–Trinajstić information content (AvgIpc) is 2.22. The van der Waals surface area contributed by atoms with E-state index in [2.05, 4.69) is 6.92 Å². The van der Waals surface area contributed by atoms with Crippen LogP contribution >= 0.6 is 0 Å². The summed E-state index contributed by atoms with van der Waals surface area (Å²) in [7, 11) is 0. The van der Waals surface area contributed by atoms with E-state index in [-0.39, 0.29) is 5.60 Å². The molecule has 1 aliphatic rings. The van der Waals surface area contributed by atoms with E-state index in [0.29, 0.717) is 0 Å². The molecule has 0 atom stereocenters. The van der Waals surface area contributed by atoms with E-state index in [4.69, 9.17) is 5.11 Å². The van der Waals surface area contributed by atoms with Gasteiger partial charge in [0.15, 0.2) is 0 Å². The summed E-state index contributed by atoms with van der Waals surface area (Å²) in [5.41, 5.74) is -0.262. The molecule has 1 fully saturated rings. The molecule has 7 heavy (non-hydrogen) atoms. The van der Waals surface area contributed by atoms with Crippen LogP contribution in [0, 0.1) is 6.92 Å². The van der Waals surface area contributed by atoms with Crippen molar-refractivity contribution in [2.75, 3.05) is 0 Å². The van der Waals surface area contributed by atoms with Crippen LogP contribution in [0.2, 0.25) is 0 Å². The fraction of sp³-hybridized carbons (Fsp3) is 0.833. The van der Waals surface area contributed by atoms with Gasteiger partial charge in [-0.15, -0.1) is 0 Å². The van der Waals surface area contributed by atoms with Gasteiger partial charge in [0.2, 0.25) is 0 Å². The van der Waals surface area contributed by atoms with Gasteiger partial charge in [0.1, 0.15) is 0 Å². The average molecular weight is 99.2 g/mol. The van der Waals surface area contributed by atoms with Gasteiger partial charge in [-0.1, -0.05) is 13.3 Å². The quantitative estimate of drug-likeness (QED) is 0.550. The van der Waals surface area contributed by atoms with Crippen molar-refractivity contribution in [3.63, 3.8) is 0 Å². The number of rotatable bonds is 2. The SMILES string of the molecule is [CH2]CCC1(O)CC1. The Balaban J connectivity index is 2.13. The molecule has 0 aromatic rings. The smallest absolute Gasteiger partial charge is 0.0650 e. The molecule has 0 saturated heterocycles.